The second-order valence-corrected chi connectivity index (χ2v) is 9.01. The van der Waals surface area contributed by atoms with Crippen molar-refractivity contribution in [3.05, 3.63) is 58.2 Å². The fourth-order valence-electron chi connectivity index (χ4n) is 3.82. The van der Waals surface area contributed by atoms with Crippen molar-refractivity contribution in [3.8, 4) is 0 Å². The molecule has 6 heteroatoms. The van der Waals surface area contributed by atoms with E-state index in [0.29, 0.717) is 18.4 Å². The van der Waals surface area contributed by atoms with Gasteiger partial charge in [0.15, 0.2) is 6.29 Å². The molecule has 2 heterocycles. The van der Waals surface area contributed by atoms with Gasteiger partial charge in [0.2, 0.25) is 0 Å². The summed E-state index contributed by atoms with van der Waals surface area (Å²) in [6.45, 7) is 9.84. The number of esters is 2. The van der Waals surface area contributed by atoms with Crippen molar-refractivity contribution in [2.75, 3.05) is 0 Å². The second kappa shape index (κ2) is 13.3. The van der Waals surface area contributed by atoms with Crippen LogP contribution in [0.4, 0.5) is 0 Å². The zero-order valence-corrected chi connectivity index (χ0v) is 20.6. The minimum Gasteiger partial charge on any atom is -0.421 e. The van der Waals surface area contributed by atoms with Crippen LogP contribution in [-0.4, -0.2) is 35.7 Å². The highest BCUT2D eigenvalue weighted by Gasteiger charge is 2.37. The van der Waals surface area contributed by atoms with E-state index in [0.717, 1.165) is 37.7 Å². The number of allylic oxidation sites excluding steroid dienone is 6. The lowest BCUT2D eigenvalue weighted by Gasteiger charge is -2.29. The predicted molar refractivity (Wildman–Crippen MR) is 128 cm³/mol. The van der Waals surface area contributed by atoms with E-state index >= 15 is 0 Å². The second-order valence-electron chi connectivity index (χ2n) is 9.01. The minimum atomic E-state index is -1.09. The van der Waals surface area contributed by atoms with Crippen LogP contribution in [0.3, 0.4) is 0 Å². The molecule has 0 aromatic rings. The monoisotopic (exact) mass is 458 g/mol. The predicted octanol–water partition coefficient (Wildman–Crippen LogP) is 5.59. The molecule has 0 fully saturated rings. The molecule has 0 spiro atoms. The first kappa shape index (κ1) is 26.8. The van der Waals surface area contributed by atoms with Crippen LogP contribution >= 0.6 is 0 Å². The van der Waals surface area contributed by atoms with Crippen LogP contribution in [0.15, 0.2) is 58.2 Å². The lowest BCUT2D eigenvalue weighted by atomic mass is 9.98. The average Bonchev–Trinajstić information content (AvgIpc) is 3.08. The number of aliphatic hydroxyl groups excluding tert-OH is 1. The molecule has 0 aromatic heterocycles. The van der Waals surface area contributed by atoms with Crippen LogP contribution in [0, 0.1) is 0 Å². The van der Waals surface area contributed by atoms with Crippen molar-refractivity contribution in [1.82, 2.24) is 0 Å². The number of carbonyl (C=O) groups is 2. The van der Waals surface area contributed by atoms with Crippen LogP contribution in [0.1, 0.15) is 79.6 Å². The molecule has 0 radical (unpaired) electrons. The summed E-state index contributed by atoms with van der Waals surface area (Å²) < 4.78 is 15.7. The van der Waals surface area contributed by atoms with E-state index in [1.54, 1.807) is 0 Å². The standard InChI is InChI=1S/C27H38O6/c1-18(2)9-6-10-19(3)11-7-12-20(4)13-8-14-22-15-16-24(32-26(22)30)23-17-25(29)33-27(23)31-21(5)28/h9,11,13,15,17,24,26-27,30H,6-8,10,12,14,16H2,1-5H3. The molecule has 3 atom stereocenters. The summed E-state index contributed by atoms with van der Waals surface area (Å²) in [7, 11) is 0. The third-order valence-corrected chi connectivity index (χ3v) is 5.68. The van der Waals surface area contributed by atoms with Gasteiger partial charge in [-0.25, -0.2) is 4.79 Å². The molecule has 2 aliphatic heterocycles. The lowest BCUT2D eigenvalue weighted by Crippen LogP contribution is -2.33. The Morgan fingerprint density at radius 3 is 2.30 bits per heavy atom. The molecule has 2 rings (SSSR count). The molecule has 33 heavy (non-hydrogen) atoms. The Morgan fingerprint density at radius 1 is 1.06 bits per heavy atom. The maximum Gasteiger partial charge on any atom is 0.334 e. The molecule has 0 saturated carbocycles. The minimum absolute atomic E-state index is 0.421. The van der Waals surface area contributed by atoms with E-state index in [1.165, 1.54) is 29.7 Å². The van der Waals surface area contributed by atoms with Gasteiger partial charge in [0.1, 0.15) is 0 Å². The number of rotatable bonds is 11. The summed E-state index contributed by atoms with van der Waals surface area (Å²) in [5.41, 5.74) is 5.38. The first-order valence-corrected chi connectivity index (χ1v) is 11.7. The highest BCUT2D eigenvalue weighted by atomic mass is 16.7. The van der Waals surface area contributed by atoms with Crippen LogP contribution in [-0.2, 0) is 23.8 Å². The van der Waals surface area contributed by atoms with E-state index in [1.807, 2.05) is 6.08 Å². The van der Waals surface area contributed by atoms with Gasteiger partial charge >= 0.3 is 11.9 Å². The Labute approximate surface area is 197 Å². The number of hydrogen-bond donors (Lipinski definition) is 1. The molecular formula is C27H38O6. The van der Waals surface area contributed by atoms with Crippen molar-refractivity contribution >= 4 is 11.9 Å². The number of cyclic esters (lactones) is 1. The molecule has 6 nitrogen and oxygen atoms in total. The number of hydrogen-bond acceptors (Lipinski definition) is 6. The molecule has 0 saturated heterocycles. The fourth-order valence-corrected chi connectivity index (χ4v) is 3.82. The first-order valence-electron chi connectivity index (χ1n) is 11.7. The molecule has 182 valence electrons. The largest absolute Gasteiger partial charge is 0.421 e. The van der Waals surface area contributed by atoms with Crippen molar-refractivity contribution in [3.63, 3.8) is 0 Å². The fraction of sp³-hybridized carbons (Fsp3) is 0.556. The van der Waals surface area contributed by atoms with E-state index in [-0.39, 0.29) is 0 Å². The summed E-state index contributed by atoms with van der Waals surface area (Å²) in [6, 6.07) is 0. The van der Waals surface area contributed by atoms with Crippen LogP contribution in [0.5, 0.6) is 0 Å². The normalized spacial score (nSPS) is 23.6. The highest BCUT2D eigenvalue weighted by molar-refractivity contribution is 5.86. The number of ether oxygens (including phenoxy) is 3. The maximum absolute atomic E-state index is 11.6. The van der Waals surface area contributed by atoms with Gasteiger partial charge in [0.25, 0.3) is 6.29 Å². The van der Waals surface area contributed by atoms with Crippen LogP contribution < -0.4 is 0 Å². The summed E-state index contributed by atoms with van der Waals surface area (Å²) in [5.74, 6) is -1.13. The van der Waals surface area contributed by atoms with E-state index in [2.05, 4.69) is 45.9 Å². The van der Waals surface area contributed by atoms with Crippen molar-refractivity contribution in [1.29, 1.82) is 0 Å². The quantitative estimate of drug-likeness (QED) is 0.321. The number of carbonyl (C=O) groups excluding carboxylic acids is 2. The van der Waals surface area contributed by atoms with Crippen molar-refractivity contribution in [2.45, 2.75) is 98.2 Å². The SMILES string of the molecule is CC(=O)OC1OC(=O)C=C1C1CC=C(CCC=C(C)CCC=C(C)CCC=C(C)C)C(O)O1. The van der Waals surface area contributed by atoms with Crippen LogP contribution in [0.2, 0.25) is 0 Å². The molecular weight excluding hydrogens is 420 g/mol. The molecule has 1 N–H and O–H groups in total. The van der Waals surface area contributed by atoms with E-state index in [4.69, 9.17) is 14.2 Å². The zero-order chi connectivity index (χ0) is 24.4. The summed E-state index contributed by atoms with van der Waals surface area (Å²) >= 11 is 0. The Morgan fingerprint density at radius 2 is 1.70 bits per heavy atom. The van der Waals surface area contributed by atoms with Gasteiger partial charge < -0.3 is 19.3 Å². The average molecular weight is 459 g/mol. The molecule has 0 bridgehead atoms. The molecule has 0 aliphatic carbocycles. The van der Waals surface area contributed by atoms with Crippen LogP contribution in [0.25, 0.3) is 0 Å². The summed E-state index contributed by atoms with van der Waals surface area (Å²) in [6.07, 6.45) is 13.6. The van der Waals surface area contributed by atoms with Gasteiger partial charge in [-0.2, -0.15) is 0 Å². The van der Waals surface area contributed by atoms with Crippen molar-refractivity contribution in [2.24, 2.45) is 0 Å². The van der Waals surface area contributed by atoms with Gasteiger partial charge in [-0.15, -0.1) is 0 Å². The van der Waals surface area contributed by atoms with Gasteiger partial charge in [0, 0.05) is 18.6 Å². The Hall–Kier alpha value is -2.44. The van der Waals surface area contributed by atoms with E-state index in [9.17, 15) is 14.7 Å². The van der Waals surface area contributed by atoms with Gasteiger partial charge in [-0.3, -0.25) is 4.79 Å². The van der Waals surface area contributed by atoms with Gasteiger partial charge in [-0.05, 0) is 78.2 Å². The van der Waals surface area contributed by atoms with E-state index < -0.39 is 30.6 Å². The smallest absolute Gasteiger partial charge is 0.334 e. The third-order valence-electron chi connectivity index (χ3n) is 5.68. The first-order chi connectivity index (χ1) is 15.7. The zero-order valence-electron chi connectivity index (χ0n) is 20.6. The van der Waals surface area contributed by atoms with Crippen molar-refractivity contribution < 1.29 is 28.9 Å². The highest BCUT2D eigenvalue weighted by Crippen LogP contribution is 2.31. The third kappa shape index (κ3) is 9.52. The Kier molecular flexibility index (Phi) is 10.8. The Bertz CT molecular complexity index is 854. The lowest BCUT2D eigenvalue weighted by molar-refractivity contribution is -0.176. The molecule has 2 aliphatic rings. The summed E-state index contributed by atoms with van der Waals surface area (Å²) in [5, 5.41) is 10.4. The van der Waals surface area contributed by atoms with Gasteiger partial charge in [-0.1, -0.05) is 41.0 Å². The molecule has 0 aromatic carbocycles. The molecule has 0 amide bonds. The number of aliphatic hydroxyl groups is 1. The molecule has 3 unspecified atom stereocenters. The topological polar surface area (TPSA) is 82.1 Å². The van der Waals surface area contributed by atoms with Gasteiger partial charge in [0.05, 0.1) is 6.10 Å². The maximum atomic E-state index is 11.6. The Balaban J connectivity index is 1.79. The summed E-state index contributed by atoms with van der Waals surface area (Å²) in [4.78, 5) is 22.8.